The third kappa shape index (κ3) is 4.65. The summed E-state index contributed by atoms with van der Waals surface area (Å²) in [4.78, 5) is 21.5. The van der Waals surface area contributed by atoms with Gasteiger partial charge in [-0.25, -0.2) is 0 Å². The SMILES string of the molecule is N[C@@H](Cc1ccc(-c2ccc(C[C@H](N)C(=O)O)cc2)cc1)C(=O)O. The maximum atomic E-state index is 10.8. The van der Waals surface area contributed by atoms with Gasteiger partial charge in [0, 0.05) is 0 Å². The van der Waals surface area contributed by atoms with Crippen molar-refractivity contribution in [1.29, 1.82) is 0 Å². The second kappa shape index (κ2) is 7.72. The van der Waals surface area contributed by atoms with Crippen LogP contribution in [0.15, 0.2) is 48.5 Å². The molecule has 0 aliphatic rings. The topological polar surface area (TPSA) is 127 Å². The molecule has 0 saturated heterocycles. The van der Waals surface area contributed by atoms with Gasteiger partial charge in [0.15, 0.2) is 0 Å². The van der Waals surface area contributed by atoms with Crippen LogP contribution in [0.2, 0.25) is 0 Å². The van der Waals surface area contributed by atoms with Crippen LogP contribution in [0.3, 0.4) is 0 Å². The molecule has 0 heterocycles. The molecule has 0 radical (unpaired) electrons. The Morgan fingerprint density at radius 2 is 1.00 bits per heavy atom. The molecular weight excluding hydrogens is 308 g/mol. The molecular formula is C18H20N2O4. The summed E-state index contributed by atoms with van der Waals surface area (Å²) in [7, 11) is 0. The Kier molecular flexibility index (Phi) is 5.68. The van der Waals surface area contributed by atoms with Crippen LogP contribution >= 0.6 is 0 Å². The third-order valence-electron chi connectivity index (χ3n) is 3.79. The zero-order valence-corrected chi connectivity index (χ0v) is 13.1. The summed E-state index contributed by atoms with van der Waals surface area (Å²) in [5.74, 6) is -2.04. The molecule has 126 valence electrons. The van der Waals surface area contributed by atoms with Gasteiger partial charge in [-0.2, -0.15) is 0 Å². The summed E-state index contributed by atoms with van der Waals surface area (Å²) in [6.45, 7) is 0. The molecule has 2 aromatic rings. The molecule has 2 atom stereocenters. The first kappa shape index (κ1) is 17.7. The number of carbonyl (C=O) groups is 2. The zero-order valence-electron chi connectivity index (χ0n) is 13.1. The van der Waals surface area contributed by atoms with Crippen LogP contribution in [0.1, 0.15) is 11.1 Å². The quantitative estimate of drug-likeness (QED) is 0.606. The van der Waals surface area contributed by atoms with Gasteiger partial charge >= 0.3 is 11.9 Å². The fraction of sp³-hybridized carbons (Fsp3) is 0.222. The van der Waals surface area contributed by atoms with Gasteiger partial charge in [-0.05, 0) is 35.1 Å². The monoisotopic (exact) mass is 328 g/mol. The molecule has 2 rings (SSSR count). The summed E-state index contributed by atoms with van der Waals surface area (Å²) in [6.07, 6.45) is 0.559. The van der Waals surface area contributed by atoms with Crippen molar-refractivity contribution in [3.8, 4) is 11.1 Å². The lowest BCUT2D eigenvalue weighted by Crippen LogP contribution is -2.32. The third-order valence-corrected chi connectivity index (χ3v) is 3.79. The maximum absolute atomic E-state index is 10.8. The number of rotatable bonds is 7. The molecule has 0 spiro atoms. The minimum Gasteiger partial charge on any atom is -0.480 e. The highest BCUT2D eigenvalue weighted by Gasteiger charge is 2.13. The fourth-order valence-corrected chi connectivity index (χ4v) is 2.35. The van der Waals surface area contributed by atoms with Gasteiger partial charge in [-0.1, -0.05) is 48.5 Å². The summed E-state index contributed by atoms with van der Waals surface area (Å²) >= 11 is 0. The zero-order chi connectivity index (χ0) is 17.7. The summed E-state index contributed by atoms with van der Waals surface area (Å²) in [5, 5.41) is 17.7. The van der Waals surface area contributed by atoms with Gasteiger partial charge < -0.3 is 21.7 Å². The van der Waals surface area contributed by atoms with E-state index in [1.807, 2.05) is 48.5 Å². The molecule has 0 amide bonds. The molecule has 0 aromatic heterocycles. The molecule has 6 heteroatoms. The van der Waals surface area contributed by atoms with Crippen LogP contribution in [-0.4, -0.2) is 34.2 Å². The van der Waals surface area contributed by atoms with Crippen LogP contribution in [0.25, 0.3) is 11.1 Å². The highest BCUT2D eigenvalue weighted by atomic mass is 16.4. The number of carboxylic acid groups (broad SMARTS) is 2. The molecule has 0 saturated carbocycles. The van der Waals surface area contributed by atoms with Gasteiger partial charge in [0.25, 0.3) is 0 Å². The molecule has 2 aromatic carbocycles. The highest BCUT2D eigenvalue weighted by Crippen LogP contribution is 2.21. The lowest BCUT2D eigenvalue weighted by atomic mass is 9.98. The Hall–Kier alpha value is -2.70. The largest absolute Gasteiger partial charge is 0.480 e. The minimum absolute atomic E-state index is 0.279. The van der Waals surface area contributed by atoms with E-state index in [1.54, 1.807) is 0 Å². The standard InChI is InChI=1S/C18H20N2O4/c19-15(17(21)22)9-11-1-5-13(6-2-11)14-7-3-12(4-8-14)10-16(20)18(23)24/h1-8,15-16H,9-10,19-20H2,(H,21,22)(H,23,24)/t15-,16-/m0/s1. The summed E-state index contributed by atoms with van der Waals surface area (Å²) in [5.41, 5.74) is 14.7. The maximum Gasteiger partial charge on any atom is 0.320 e. The lowest BCUT2D eigenvalue weighted by Gasteiger charge is -2.09. The molecule has 0 aliphatic carbocycles. The average Bonchev–Trinajstić information content (AvgIpc) is 2.56. The number of hydrogen-bond acceptors (Lipinski definition) is 4. The van der Waals surface area contributed by atoms with Crippen molar-refractivity contribution >= 4 is 11.9 Å². The Bertz CT molecular complexity index is 647. The summed E-state index contributed by atoms with van der Waals surface area (Å²) in [6, 6.07) is 13.2. The van der Waals surface area contributed by atoms with E-state index in [2.05, 4.69) is 0 Å². The van der Waals surface area contributed by atoms with Crippen LogP contribution < -0.4 is 11.5 Å². The smallest absolute Gasteiger partial charge is 0.320 e. The Balaban J connectivity index is 2.06. The van der Waals surface area contributed by atoms with Crippen molar-refractivity contribution in [2.75, 3.05) is 0 Å². The predicted octanol–water partition coefficient (Wildman–Crippen LogP) is 1.26. The Morgan fingerprint density at radius 3 is 1.25 bits per heavy atom. The number of carboxylic acids is 2. The van der Waals surface area contributed by atoms with Crippen LogP contribution in [0.5, 0.6) is 0 Å². The molecule has 0 unspecified atom stereocenters. The van der Waals surface area contributed by atoms with Crippen molar-refractivity contribution in [3.05, 3.63) is 59.7 Å². The molecule has 6 N–H and O–H groups in total. The van der Waals surface area contributed by atoms with Crippen LogP contribution in [0, 0.1) is 0 Å². The number of aliphatic carboxylic acids is 2. The van der Waals surface area contributed by atoms with E-state index in [4.69, 9.17) is 21.7 Å². The molecule has 0 aliphatic heterocycles. The van der Waals surface area contributed by atoms with E-state index in [0.29, 0.717) is 0 Å². The number of nitrogens with two attached hydrogens (primary N) is 2. The normalized spacial score (nSPS) is 13.2. The second-order valence-electron chi connectivity index (χ2n) is 5.69. The molecule has 24 heavy (non-hydrogen) atoms. The van der Waals surface area contributed by atoms with E-state index in [9.17, 15) is 9.59 Å². The van der Waals surface area contributed by atoms with E-state index < -0.39 is 24.0 Å². The predicted molar refractivity (Wildman–Crippen MR) is 90.5 cm³/mol. The summed E-state index contributed by atoms with van der Waals surface area (Å²) < 4.78 is 0. The second-order valence-corrected chi connectivity index (χ2v) is 5.69. The van der Waals surface area contributed by atoms with Gasteiger partial charge in [-0.15, -0.1) is 0 Å². The Morgan fingerprint density at radius 1 is 0.708 bits per heavy atom. The van der Waals surface area contributed by atoms with Crippen LogP contribution in [-0.2, 0) is 22.4 Å². The van der Waals surface area contributed by atoms with Crippen molar-refractivity contribution in [2.45, 2.75) is 24.9 Å². The Labute approximate surface area is 139 Å². The first-order chi connectivity index (χ1) is 11.4. The van der Waals surface area contributed by atoms with Gasteiger partial charge in [0.05, 0.1) is 0 Å². The number of hydrogen-bond donors (Lipinski definition) is 4. The molecule has 0 bridgehead atoms. The van der Waals surface area contributed by atoms with Gasteiger partial charge in [0.2, 0.25) is 0 Å². The minimum atomic E-state index is -1.02. The van der Waals surface area contributed by atoms with E-state index in [0.717, 1.165) is 22.3 Å². The number of benzene rings is 2. The van der Waals surface area contributed by atoms with Crippen molar-refractivity contribution in [3.63, 3.8) is 0 Å². The van der Waals surface area contributed by atoms with Gasteiger partial charge in [0.1, 0.15) is 12.1 Å². The van der Waals surface area contributed by atoms with Crippen molar-refractivity contribution in [1.82, 2.24) is 0 Å². The molecule has 0 fully saturated rings. The van der Waals surface area contributed by atoms with Gasteiger partial charge in [-0.3, -0.25) is 9.59 Å². The highest BCUT2D eigenvalue weighted by molar-refractivity contribution is 5.74. The fourth-order valence-electron chi connectivity index (χ4n) is 2.35. The van der Waals surface area contributed by atoms with E-state index >= 15 is 0 Å². The van der Waals surface area contributed by atoms with Crippen molar-refractivity contribution < 1.29 is 19.8 Å². The molecule has 6 nitrogen and oxygen atoms in total. The first-order valence-corrected chi connectivity index (χ1v) is 7.52. The van der Waals surface area contributed by atoms with E-state index in [-0.39, 0.29) is 12.8 Å². The first-order valence-electron chi connectivity index (χ1n) is 7.52. The van der Waals surface area contributed by atoms with E-state index in [1.165, 1.54) is 0 Å². The average molecular weight is 328 g/mol. The van der Waals surface area contributed by atoms with Crippen LogP contribution in [0.4, 0.5) is 0 Å². The van der Waals surface area contributed by atoms with Crippen molar-refractivity contribution in [2.24, 2.45) is 11.5 Å². The lowest BCUT2D eigenvalue weighted by molar-refractivity contribution is -0.139.